The van der Waals surface area contributed by atoms with Gasteiger partial charge in [-0.1, -0.05) is 35.5 Å². The van der Waals surface area contributed by atoms with Crippen molar-refractivity contribution in [2.24, 2.45) is 0 Å². The van der Waals surface area contributed by atoms with Crippen molar-refractivity contribution in [1.82, 2.24) is 15.1 Å². The van der Waals surface area contributed by atoms with Gasteiger partial charge in [0.1, 0.15) is 5.01 Å². The molecule has 0 radical (unpaired) electrons. The molecule has 0 saturated carbocycles. The third-order valence-electron chi connectivity index (χ3n) is 3.78. The molecule has 22 heavy (non-hydrogen) atoms. The number of benzene rings is 1. The number of anilines is 1. The van der Waals surface area contributed by atoms with Gasteiger partial charge in [-0.05, 0) is 45.0 Å². The normalized spacial score (nSPS) is 15.7. The summed E-state index contributed by atoms with van der Waals surface area (Å²) < 4.78 is 0. The Bertz CT molecular complexity index is 649. The van der Waals surface area contributed by atoms with Gasteiger partial charge in [-0.25, -0.2) is 0 Å². The molecule has 1 fully saturated rings. The Morgan fingerprint density at radius 2 is 2.09 bits per heavy atom. The van der Waals surface area contributed by atoms with E-state index in [4.69, 9.17) is 0 Å². The summed E-state index contributed by atoms with van der Waals surface area (Å²) in [5.41, 5.74) is 1.71. The maximum Gasteiger partial charge on any atom is 0.257 e. The second-order valence-corrected chi connectivity index (χ2v) is 6.72. The first-order valence-corrected chi connectivity index (χ1v) is 8.45. The third-order valence-corrected chi connectivity index (χ3v) is 4.60. The first-order chi connectivity index (χ1) is 10.7. The Balaban J connectivity index is 1.60. The second kappa shape index (κ2) is 6.98. The number of piperidine rings is 1. The van der Waals surface area contributed by atoms with Crippen molar-refractivity contribution in [3.8, 4) is 0 Å². The lowest BCUT2D eigenvalue weighted by Gasteiger charge is -2.24. The van der Waals surface area contributed by atoms with Crippen molar-refractivity contribution in [2.45, 2.75) is 32.7 Å². The Morgan fingerprint density at radius 1 is 1.27 bits per heavy atom. The Kier molecular flexibility index (Phi) is 4.80. The Hall–Kier alpha value is -1.79. The highest BCUT2D eigenvalue weighted by molar-refractivity contribution is 7.15. The molecule has 1 saturated heterocycles. The minimum atomic E-state index is -0.135. The van der Waals surface area contributed by atoms with Crippen LogP contribution in [0.15, 0.2) is 24.3 Å². The van der Waals surface area contributed by atoms with E-state index >= 15 is 0 Å². The first kappa shape index (κ1) is 15.1. The zero-order valence-corrected chi connectivity index (χ0v) is 13.5. The lowest BCUT2D eigenvalue weighted by Crippen LogP contribution is -2.28. The largest absolute Gasteiger partial charge is 0.297 e. The van der Waals surface area contributed by atoms with Gasteiger partial charge in [0.15, 0.2) is 0 Å². The van der Waals surface area contributed by atoms with Gasteiger partial charge >= 0.3 is 0 Å². The first-order valence-electron chi connectivity index (χ1n) is 7.63. The predicted molar refractivity (Wildman–Crippen MR) is 88.2 cm³/mol. The summed E-state index contributed by atoms with van der Waals surface area (Å²) >= 11 is 1.46. The fourth-order valence-electron chi connectivity index (χ4n) is 2.63. The van der Waals surface area contributed by atoms with Crippen molar-refractivity contribution in [1.29, 1.82) is 0 Å². The summed E-state index contributed by atoms with van der Waals surface area (Å²) in [5, 5.41) is 12.6. The van der Waals surface area contributed by atoms with Crippen LogP contribution in [0.3, 0.4) is 0 Å². The highest BCUT2D eigenvalue weighted by atomic mass is 32.1. The van der Waals surface area contributed by atoms with E-state index in [9.17, 15) is 4.79 Å². The quantitative estimate of drug-likeness (QED) is 0.942. The van der Waals surface area contributed by atoms with E-state index in [0.29, 0.717) is 10.7 Å². The number of amides is 1. The molecule has 1 aromatic carbocycles. The number of rotatable bonds is 4. The van der Waals surface area contributed by atoms with Gasteiger partial charge in [-0.2, -0.15) is 0 Å². The SMILES string of the molecule is Cc1cccc(C(=O)Nc2nnc(CN3CCCCC3)s2)c1. The van der Waals surface area contributed by atoms with Crippen LogP contribution in [0.5, 0.6) is 0 Å². The number of carbonyl (C=O) groups is 1. The van der Waals surface area contributed by atoms with E-state index < -0.39 is 0 Å². The molecule has 1 amide bonds. The third kappa shape index (κ3) is 3.90. The molecule has 0 aliphatic carbocycles. The van der Waals surface area contributed by atoms with Gasteiger partial charge in [-0.15, -0.1) is 10.2 Å². The lowest BCUT2D eigenvalue weighted by atomic mass is 10.1. The molecular formula is C16H20N4OS. The predicted octanol–water partition coefficient (Wildman–Crippen LogP) is 3.08. The average molecular weight is 316 g/mol. The molecule has 0 atom stereocenters. The van der Waals surface area contributed by atoms with Gasteiger partial charge in [0.2, 0.25) is 5.13 Å². The zero-order valence-electron chi connectivity index (χ0n) is 12.7. The summed E-state index contributed by atoms with van der Waals surface area (Å²) in [5.74, 6) is -0.135. The molecule has 116 valence electrons. The van der Waals surface area contributed by atoms with Crippen molar-refractivity contribution >= 4 is 22.4 Å². The minimum absolute atomic E-state index is 0.135. The van der Waals surface area contributed by atoms with Gasteiger partial charge in [0, 0.05) is 5.56 Å². The molecular weight excluding hydrogens is 296 g/mol. The fraction of sp³-hybridized carbons (Fsp3) is 0.438. The van der Waals surface area contributed by atoms with Crippen molar-refractivity contribution in [3.63, 3.8) is 0 Å². The second-order valence-electron chi connectivity index (χ2n) is 5.66. The van der Waals surface area contributed by atoms with E-state index in [2.05, 4.69) is 20.4 Å². The average Bonchev–Trinajstić information content (AvgIpc) is 2.95. The maximum atomic E-state index is 12.2. The van der Waals surface area contributed by atoms with Gasteiger partial charge in [0.05, 0.1) is 6.54 Å². The maximum absolute atomic E-state index is 12.2. The summed E-state index contributed by atoms with van der Waals surface area (Å²) in [6.07, 6.45) is 3.84. The van der Waals surface area contributed by atoms with Crippen molar-refractivity contribution in [3.05, 3.63) is 40.4 Å². The van der Waals surface area contributed by atoms with Crippen LogP contribution in [0.2, 0.25) is 0 Å². The van der Waals surface area contributed by atoms with Gasteiger partial charge in [-0.3, -0.25) is 15.0 Å². The molecule has 2 aromatic rings. The van der Waals surface area contributed by atoms with Crippen LogP contribution in [0.1, 0.15) is 40.2 Å². The minimum Gasteiger partial charge on any atom is -0.297 e. The highest BCUT2D eigenvalue weighted by Crippen LogP contribution is 2.20. The monoisotopic (exact) mass is 316 g/mol. The zero-order chi connectivity index (χ0) is 15.4. The number of likely N-dealkylation sites (tertiary alicyclic amines) is 1. The van der Waals surface area contributed by atoms with E-state index in [1.54, 1.807) is 6.07 Å². The molecule has 1 aliphatic rings. The number of hydrogen-bond acceptors (Lipinski definition) is 5. The molecule has 2 heterocycles. The number of nitrogens with zero attached hydrogens (tertiary/aromatic N) is 3. The number of hydrogen-bond donors (Lipinski definition) is 1. The number of carbonyl (C=O) groups excluding carboxylic acids is 1. The Labute approximate surface area is 134 Å². The number of aryl methyl sites for hydroxylation is 1. The van der Waals surface area contributed by atoms with E-state index in [1.807, 2.05) is 25.1 Å². The molecule has 1 aliphatic heterocycles. The summed E-state index contributed by atoms with van der Waals surface area (Å²) in [6.45, 7) is 5.06. The van der Waals surface area contributed by atoms with Gasteiger partial charge in [0.25, 0.3) is 5.91 Å². The van der Waals surface area contributed by atoms with Crippen LogP contribution in [-0.4, -0.2) is 34.1 Å². The van der Waals surface area contributed by atoms with E-state index in [-0.39, 0.29) is 5.91 Å². The molecule has 0 bridgehead atoms. The van der Waals surface area contributed by atoms with E-state index in [0.717, 1.165) is 30.2 Å². The van der Waals surface area contributed by atoms with Crippen LogP contribution < -0.4 is 5.32 Å². The summed E-state index contributed by atoms with van der Waals surface area (Å²) in [7, 11) is 0. The fourth-order valence-corrected chi connectivity index (χ4v) is 3.41. The standard InChI is InChI=1S/C16H20N4OS/c1-12-6-5-7-13(10-12)15(21)17-16-19-18-14(22-16)11-20-8-3-2-4-9-20/h5-7,10H,2-4,8-9,11H2,1H3,(H,17,19,21). The molecule has 0 unspecified atom stereocenters. The molecule has 1 N–H and O–H groups in total. The lowest BCUT2D eigenvalue weighted by molar-refractivity contribution is 0.102. The van der Waals surface area contributed by atoms with Crippen LogP contribution in [0, 0.1) is 6.92 Å². The molecule has 3 rings (SSSR count). The van der Waals surface area contributed by atoms with Crippen molar-refractivity contribution in [2.75, 3.05) is 18.4 Å². The van der Waals surface area contributed by atoms with Crippen LogP contribution >= 0.6 is 11.3 Å². The Morgan fingerprint density at radius 3 is 2.86 bits per heavy atom. The summed E-state index contributed by atoms with van der Waals surface area (Å²) in [4.78, 5) is 14.6. The molecule has 5 nitrogen and oxygen atoms in total. The number of aromatic nitrogens is 2. The topological polar surface area (TPSA) is 58.1 Å². The molecule has 0 spiro atoms. The highest BCUT2D eigenvalue weighted by Gasteiger charge is 2.14. The van der Waals surface area contributed by atoms with Crippen LogP contribution in [0.25, 0.3) is 0 Å². The van der Waals surface area contributed by atoms with E-state index in [1.165, 1.54) is 30.6 Å². The number of nitrogens with one attached hydrogen (secondary N) is 1. The molecule has 6 heteroatoms. The van der Waals surface area contributed by atoms with Crippen LogP contribution in [0.4, 0.5) is 5.13 Å². The van der Waals surface area contributed by atoms with Crippen molar-refractivity contribution < 1.29 is 4.79 Å². The van der Waals surface area contributed by atoms with Crippen LogP contribution in [-0.2, 0) is 6.54 Å². The summed E-state index contributed by atoms with van der Waals surface area (Å²) in [6, 6.07) is 7.52. The smallest absolute Gasteiger partial charge is 0.257 e. The van der Waals surface area contributed by atoms with Gasteiger partial charge < -0.3 is 0 Å². The molecule has 1 aromatic heterocycles.